The van der Waals surface area contributed by atoms with Gasteiger partial charge in [-0.3, -0.25) is 4.79 Å². The molecule has 2 aliphatic rings. The standard InChI is InChI=1S/C15H25N5O/c21-15(11-12-5-4-8-16-12)17-9-7-14-19-18-13-6-2-1-3-10-20(13)14/h12,16H,1-11H2,(H,17,21). The predicted molar refractivity (Wildman–Crippen MR) is 79.9 cm³/mol. The highest BCUT2D eigenvalue weighted by molar-refractivity contribution is 5.76. The smallest absolute Gasteiger partial charge is 0.221 e. The van der Waals surface area contributed by atoms with Crippen LogP contribution in [0, 0.1) is 0 Å². The minimum absolute atomic E-state index is 0.144. The summed E-state index contributed by atoms with van der Waals surface area (Å²) >= 11 is 0. The summed E-state index contributed by atoms with van der Waals surface area (Å²) in [6.07, 6.45) is 8.39. The van der Waals surface area contributed by atoms with E-state index < -0.39 is 0 Å². The summed E-state index contributed by atoms with van der Waals surface area (Å²) in [5, 5.41) is 14.9. The molecule has 3 heterocycles. The second-order valence-corrected chi connectivity index (χ2v) is 6.09. The molecule has 1 saturated heterocycles. The van der Waals surface area contributed by atoms with E-state index in [0.29, 0.717) is 19.0 Å². The molecule has 21 heavy (non-hydrogen) atoms. The van der Waals surface area contributed by atoms with E-state index in [-0.39, 0.29) is 5.91 Å². The van der Waals surface area contributed by atoms with E-state index in [2.05, 4.69) is 25.4 Å². The molecule has 3 rings (SSSR count). The number of aryl methyl sites for hydroxylation is 1. The van der Waals surface area contributed by atoms with Gasteiger partial charge in [0.25, 0.3) is 0 Å². The Bertz CT molecular complexity index is 478. The summed E-state index contributed by atoms with van der Waals surface area (Å²) in [7, 11) is 0. The van der Waals surface area contributed by atoms with Gasteiger partial charge in [0.15, 0.2) is 0 Å². The van der Waals surface area contributed by atoms with Crippen molar-refractivity contribution in [3.63, 3.8) is 0 Å². The number of hydrogen-bond acceptors (Lipinski definition) is 4. The summed E-state index contributed by atoms with van der Waals surface area (Å²) in [6.45, 7) is 2.73. The molecule has 6 heteroatoms. The van der Waals surface area contributed by atoms with Crippen molar-refractivity contribution in [3.8, 4) is 0 Å². The molecule has 0 aromatic carbocycles. The van der Waals surface area contributed by atoms with Gasteiger partial charge in [0.05, 0.1) is 0 Å². The van der Waals surface area contributed by atoms with Crippen LogP contribution in [0.5, 0.6) is 0 Å². The van der Waals surface area contributed by atoms with Crippen LogP contribution >= 0.6 is 0 Å². The highest BCUT2D eigenvalue weighted by atomic mass is 16.1. The molecule has 0 bridgehead atoms. The van der Waals surface area contributed by atoms with Crippen molar-refractivity contribution < 1.29 is 4.79 Å². The molecule has 1 aromatic rings. The van der Waals surface area contributed by atoms with Gasteiger partial charge in [-0.1, -0.05) is 6.42 Å². The number of nitrogens with zero attached hydrogens (tertiary/aromatic N) is 3. The molecular formula is C15H25N5O. The maximum atomic E-state index is 11.9. The fourth-order valence-corrected chi connectivity index (χ4v) is 3.27. The van der Waals surface area contributed by atoms with Crippen molar-refractivity contribution >= 4 is 5.91 Å². The molecule has 1 unspecified atom stereocenters. The van der Waals surface area contributed by atoms with Crippen LogP contribution in [0.4, 0.5) is 0 Å². The Kier molecular flexibility index (Phi) is 4.85. The van der Waals surface area contributed by atoms with Gasteiger partial charge in [-0.15, -0.1) is 10.2 Å². The minimum atomic E-state index is 0.144. The lowest BCUT2D eigenvalue weighted by atomic mass is 10.1. The summed E-state index contributed by atoms with van der Waals surface area (Å²) in [4.78, 5) is 11.9. The Morgan fingerprint density at radius 1 is 1.29 bits per heavy atom. The van der Waals surface area contributed by atoms with Gasteiger partial charge in [-0.25, -0.2) is 0 Å². The fourth-order valence-electron chi connectivity index (χ4n) is 3.27. The van der Waals surface area contributed by atoms with Gasteiger partial charge in [0.1, 0.15) is 11.6 Å². The van der Waals surface area contributed by atoms with Crippen LogP contribution in [0.3, 0.4) is 0 Å². The molecule has 1 amide bonds. The first-order valence-corrected chi connectivity index (χ1v) is 8.24. The molecular weight excluding hydrogens is 266 g/mol. The Balaban J connectivity index is 1.44. The van der Waals surface area contributed by atoms with E-state index in [4.69, 9.17) is 0 Å². The quantitative estimate of drug-likeness (QED) is 0.842. The number of nitrogens with one attached hydrogen (secondary N) is 2. The van der Waals surface area contributed by atoms with E-state index in [1.807, 2.05) is 0 Å². The highest BCUT2D eigenvalue weighted by Crippen LogP contribution is 2.14. The molecule has 116 valence electrons. The topological polar surface area (TPSA) is 71.8 Å². The average molecular weight is 291 g/mol. The number of amides is 1. The Labute approximate surface area is 125 Å². The predicted octanol–water partition coefficient (Wildman–Crippen LogP) is 0.805. The number of carbonyl (C=O) groups is 1. The lowest BCUT2D eigenvalue weighted by Gasteiger charge is -2.11. The molecule has 0 aliphatic carbocycles. The van der Waals surface area contributed by atoms with Crippen LogP contribution in [-0.4, -0.2) is 39.8 Å². The van der Waals surface area contributed by atoms with E-state index in [1.54, 1.807) is 0 Å². The van der Waals surface area contributed by atoms with E-state index in [9.17, 15) is 4.79 Å². The van der Waals surface area contributed by atoms with Gasteiger partial charge < -0.3 is 15.2 Å². The van der Waals surface area contributed by atoms with Crippen LogP contribution in [0.25, 0.3) is 0 Å². The number of hydrogen-bond donors (Lipinski definition) is 2. The van der Waals surface area contributed by atoms with Crippen molar-refractivity contribution in [1.82, 2.24) is 25.4 Å². The third-order valence-corrected chi connectivity index (χ3v) is 4.45. The van der Waals surface area contributed by atoms with Crippen molar-refractivity contribution in [2.45, 2.75) is 64.0 Å². The van der Waals surface area contributed by atoms with Gasteiger partial charge in [-0.05, 0) is 32.2 Å². The molecule has 0 radical (unpaired) electrons. The first-order chi connectivity index (χ1) is 10.3. The zero-order valence-corrected chi connectivity index (χ0v) is 12.6. The van der Waals surface area contributed by atoms with Crippen molar-refractivity contribution in [2.24, 2.45) is 0 Å². The maximum Gasteiger partial charge on any atom is 0.221 e. The third-order valence-electron chi connectivity index (χ3n) is 4.45. The van der Waals surface area contributed by atoms with Gasteiger partial charge >= 0.3 is 0 Å². The summed E-state index contributed by atoms with van der Waals surface area (Å²) in [6, 6.07) is 0.370. The van der Waals surface area contributed by atoms with Crippen molar-refractivity contribution in [2.75, 3.05) is 13.1 Å². The Hall–Kier alpha value is -1.43. The lowest BCUT2D eigenvalue weighted by Crippen LogP contribution is -2.33. The summed E-state index contributed by atoms with van der Waals surface area (Å²) in [5.41, 5.74) is 0. The van der Waals surface area contributed by atoms with Gasteiger partial charge in [-0.2, -0.15) is 0 Å². The number of aromatic nitrogens is 3. The zero-order chi connectivity index (χ0) is 14.5. The first-order valence-electron chi connectivity index (χ1n) is 8.24. The third kappa shape index (κ3) is 3.81. The van der Waals surface area contributed by atoms with Crippen molar-refractivity contribution in [1.29, 1.82) is 0 Å². The zero-order valence-electron chi connectivity index (χ0n) is 12.6. The molecule has 2 N–H and O–H groups in total. The monoisotopic (exact) mass is 291 g/mol. The molecule has 1 fully saturated rings. The molecule has 0 saturated carbocycles. The minimum Gasteiger partial charge on any atom is -0.356 e. The van der Waals surface area contributed by atoms with E-state index in [0.717, 1.165) is 44.0 Å². The second kappa shape index (κ2) is 7.02. The summed E-state index contributed by atoms with van der Waals surface area (Å²) < 4.78 is 2.25. The average Bonchev–Trinajstić information content (AvgIpc) is 3.04. The maximum absolute atomic E-state index is 11.9. The SMILES string of the molecule is O=C(CC1CCCN1)NCCc1nnc2n1CCCCC2. The Morgan fingerprint density at radius 3 is 3.10 bits per heavy atom. The number of rotatable bonds is 5. The number of fused-ring (bicyclic) bond motifs is 1. The van der Waals surface area contributed by atoms with Crippen LogP contribution in [0.15, 0.2) is 0 Å². The highest BCUT2D eigenvalue weighted by Gasteiger charge is 2.18. The summed E-state index contributed by atoms with van der Waals surface area (Å²) in [5.74, 6) is 2.28. The normalized spacial score (nSPS) is 21.8. The largest absolute Gasteiger partial charge is 0.356 e. The molecule has 0 spiro atoms. The van der Waals surface area contributed by atoms with Crippen molar-refractivity contribution in [3.05, 3.63) is 11.6 Å². The molecule has 1 aromatic heterocycles. The van der Waals surface area contributed by atoms with E-state index >= 15 is 0 Å². The fraction of sp³-hybridized carbons (Fsp3) is 0.800. The molecule has 2 aliphatic heterocycles. The van der Waals surface area contributed by atoms with Gasteiger partial charge in [0.2, 0.25) is 5.91 Å². The Morgan fingerprint density at radius 2 is 2.24 bits per heavy atom. The first kappa shape index (κ1) is 14.5. The van der Waals surface area contributed by atoms with Crippen LogP contribution in [0.2, 0.25) is 0 Å². The van der Waals surface area contributed by atoms with Crippen LogP contribution < -0.4 is 10.6 Å². The van der Waals surface area contributed by atoms with Crippen LogP contribution in [-0.2, 0) is 24.2 Å². The lowest BCUT2D eigenvalue weighted by molar-refractivity contribution is -0.121. The van der Waals surface area contributed by atoms with Crippen LogP contribution in [0.1, 0.15) is 50.2 Å². The second-order valence-electron chi connectivity index (χ2n) is 6.09. The van der Waals surface area contributed by atoms with E-state index in [1.165, 1.54) is 25.7 Å². The number of carbonyl (C=O) groups excluding carboxylic acids is 1. The molecule has 1 atom stereocenters. The molecule has 6 nitrogen and oxygen atoms in total. The van der Waals surface area contributed by atoms with Gasteiger partial charge in [0, 0.05) is 38.4 Å².